The van der Waals surface area contributed by atoms with Gasteiger partial charge in [-0.2, -0.15) is 0 Å². The first-order valence-electron chi connectivity index (χ1n) is 6.34. The van der Waals surface area contributed by atoms with Crippen LogP contribution in [0.2, 0.25) is 0 Å². The first-order valence-corrected chi connectivity index (χ1v) is 8.04. The Morgan fingerprint density at radius 1 is 1.35 bits per heavy atom. The van der Waals surface area contributed by atoms with E-state index in [2.05, 4.69) is 36.3 Å². The maximum atomic E-state index is 4.55. The van der Waals surface area contributed by atoms with Gasteiger partial charge in [0.2, 0.25) is 0 Å². The highest BCUT2D eigenvalue weighted by Gasteiger charge is 2.18. The van der Waals surface area contributed by atoms with Crippen LogP contribution >= 0.6 is 23.1 Å². The number of aryl methyl sites for hydroxylation is 1. The number of nitrogens with one attached hydrogen (secondary N) is 1. The Balaban J connectivity index is 1.75. The van der Waals surface area contributed by atoms with Crippen molar-refractivity contribution in [3.63, 3.8) is 0 Å². The number of nitrogens with zero attached hydrogens (tertiary/aromatic N) is 1. The Morgan fingerprint density at radius 3 is 2.88 bits per heavy atom. The first-order chi connectivity index (χ1) is 8.31. The molecule has 1 aromatic heterocycles. The molecule has 4 heteroatoms. The summed E-state index contributed by atoms with van der Waals surface area (Å²) in [6.45, 7) is 6.36. The minimum Gasteiger partial charge on any atom is -0.360 e. The Kier molecular flexibility index (Phi) is 4.92. The van der Waals surface area contributed by atoms with Crippen molar-refractivity contribution in [1.29, 1.82) is 0 Å². The Hall–Kier alpha value is -0.480. The second kappa shape index (κ2) is 6.45. The van der Waals surface area contributed by atoms with Gasteiger partial charge < -0.3 is 5.32 Å². The molecular weight excluding hydrogens is 248 g/mol. The SMILES string of the molecule is CCCC1CN=C(NCc2ccc(CC)s2)S1. The van der Waals surface area contributed by atoms with Gasteiger partial charge in [0.1, 0.15) is 0 Å². The van der Waals surface area contributed by atoms with Gasteiger partial charge in [0.15, 0.2) is 5.17 Å². The number of amidine groups is 1. The van der Waals surface area contributed by atoms with Crippen molar-refractivity contribution in [2.45, 2.75) is 44.9 Å². The normalized spacial score (nSPS) is 19.4. The summed E-state index contributed by atoms with van der Waals surface area (Å²) >= 11 is 3.81. The number of thioether (sulfide) groups is 1. The molecule has 0 aliphatic carbocycles. The molecular formula is C13H20N2S2. The van der Waals surface area contributed by atoms with Crippen LogP contribution in [0.1, 0.15) is 36.4 Å². The van der Waals surface area contributed by atoms with E-state index in [0.717, 1.165) is 24.7 Å². The molecule has 2 heterocycles. The van der Waals surface area contributed by atoms with Crippen molar-refractivity contribution in [3.05, 3.63) is 21.9 Å². The summed E-state index contributed by atoms with van der Waals surface area (Å²) < 4.78 is 0. The van der Waals surface area contributed by atoms with Gasteiger partial charge in [-0.1, -0.05) is 32.0 Å². The highest BCUT2D eigenvalue weighted by Crippen LogP contribution is 2.24. The number of aliphatic imine (C=N–C) groups is 1. The van der Waals surface area contributed by atoms with E-state index in [1.807, 2.05) is 23.1 Å². The summed E-state index contributed by atoms with van der Waals surface area (Å²) in [6, 6.07) is 4.45. The lowest BCUT2D eigenvalue weighted by Crippen LogP contribution is -2.18. The predicted molar refractivity (Wildman–Crippen MR) is 79.1 cm³/mol. The van der Waals surface area contributed by atoms with Crippen molar-refractivity contribution in [3.8, 4) is 0 Å². The van der Waals surface area contributed by atoms with Gasteiger partial charge in [-0.3, -0.25) is 4.99 Å². The summed E-state index contributed by atoms with van der Waals surface area (Å²) in [5.41, 5.74) is 0. The number of hydrogen-bond acceptors (Lipinski definition) is 4. The van der Waals surface area contributed by atoms with Crippen molar-refractivity contribution >= 4 is 28.3 Å². The van der Waals surface area contributed by atoms with Gasteiger partial charge in [0.25, 0.3) is 0 Å². The van der Waals surface area contributed by atoms with Gasteiger partial charge in [-0.15, -0.1) is 11.3 Å². The molecule has 0 saturated heterocycles. The van der Waals surface area contributed by atoms with E-state index in [4.69, 9.17) is 0 Å². The molecule has 0 aromatic carbocycles. The first kappa shape index (κ1) is 13.0. The van der Waals surface area contributed by atoms with Gasteiger partial charge in [0, 0.05) is 15.0 Å². The standard InChI is InChI=1S/C13H20N2S2/c1-3-5-11-8-14-13(17-11)15-9-12-7-6-10(4-2)16-12/h6-7,11H,3-5,8-9H2,1-2H3,(H,14,15). The van der Waals surface area contributed by atoms with E-state index in [1.165, 1.54) is 22.6 Å². The van der Waals surface area contributed by atoms with Crippen LogP contribution in [0.15, 0.2) is 17.1 Å². The van der Waals surface area contributed by atoms with Crippen LogP contribution in [0.4, 0.5) is 0 Å². The molecule has 2 rings (SSSR count). The minimum atomic E-state index is 0.706. The molecule has 1 aromatic rings. The van der Waals surface area contributed by atoms with E-state index in [9.17, 15) is 0 Å². The predicted octanol–water partition coefficient (Wildman–Crippen LogP) is 3.67. The fourth-order valence-corrected chi connectivity index (χ4v) is 3.88. The maximum absolute atomic E-state index is 4.55. The molecule has 0 saturated carbocycles. The van der Waals surface area contributed by atoms with E-state index >= 15 is 0 Å². The summed E-state index contributed by atoms with van der Waals surface area (Å²) in [4.78, 5) is 7.42. The third kappa shape index (κ3) is 3.75. The molecule has 17 heavy (non-hydrogen) atoms. The van der Waals surface area contributed by atoms with Crippen LogP contribution in [-0.2, 0) is 13.0 Å². The fourth-order valence-electron chi connectivity index (χ4n) is 1.86. The molecule has 94 valence electrons. The number of hydrogen-bond donors (Lipinski definition) is 1. The van der Waals surface area contributed by atoms with Gasteiger partial charge in [0.05, 0.1) is 13.1 Å². The lowest BCUT2D eigenvalue weighted by Gasteiger charge is -2.06. The van der Waals surface area contributed by atoms with Crippen LogP contribution in [0.3, 0.4) is 0 Å². The Labute approximate surface area is 112 Å². The Bertz CT molecular complexity index is 385. The van der Waals surface area contributed by atoms with E-state index in [0.29, 0.717) is 5.25 Å². The lowest BCUT2D eigenvalue weighted by molar-refractivity contribution is 0.754. The number of rotatable bonds is 5. The van der Waals surface area contributed by atoms with Gasteiger partial charge in [-0.25, -0.2) is 0 Å². The summed E-state index contributed by atoms with van der Waals surface area (Å²) in [5.74, 6) is 0. The Morgan fingerprint density at radius 2 is 2.18 bits per heavy atom. The molecule has 1 atom stereocenters. The third-order valence-corrected chi connectivity index (χ3v) is 5.25. The van der Waals surface area contributed by atoms with Crippen molar-refractivity contribution < 1.29 is 0 Å². The highest BCUT2D eigenvalue weighted by atomic mass is 32.2. The zero-order valence-electron chi connectivity index (χ0n) is 10.5. The molecule has 0 fully saturated rings. The van der Waals surface area contributed by atoms with Crippen molar-refractivity contribution in [1.82, 2.24) is 5.32 Å². The van der Waals surface area contributed by atoms with Crippen LogP contribution in [0, 0.1) is 0 Å². The maximum Gasteiger partial charge on any atom is 0.157 e. The molecule has 0 bridgehead atoms. The van der Waals surface area contributed by atoms with Crippen LogP contribution in [-0.4, -0.2) is 17.0 Å². The number of thiophene rings is 1. The molecule has 0 amide bonds. The zero-order valence-corrected chi connectivity index (χ0v) is 12.2. The van der Waals surface area contributed by atoms with Gasteiger partial charge in [-0.05, 0) is 25.0 Å². The lowest BCUT2D eigenvalue weighted by atomic mass is 10.2. The molecule has 2 nitrogen and oxygen atoms in total. The molecule has 1 aliphatic rings. The minimum absolute atomic E-state index is 0.706. The summed E-state index contributed by atoms with van der Waals surface area (Å²) in [6.07, 6.45) is 3.67. The van der Waals surface area contributed by atoms with E-state index in [-0.39, 0.29) is 0 Å². The quantitative estimate of drug-likeness (QED) is 0.881. The topological polar surface area (TPSA) is 24.4 Å². The average molecular weight is 268 g/mol. The molecule has 0 spiro atoms. The zero-order chi connectivity index (χ0) is 12.1. The molecule has 0 radical (unpaired) electrons. The van der Waals surface area contributed by atoms with Crippen LogP contribution in [0.5, 0.6) is 0 Å². The summed E-state index contributed by atoms with van der Waals surface area (Å²) in [5, 5.41) is 5.29. The average Bonchev–Trinajstić information content (AvgIpc) is 2.95. The van der Waals surface area contributed by atoms with Crippen LogP contribution in [0.25, 0.3) is 0 Å². The highest BCUT2D eigenvalue weighted by molar-refractivity contribution is 8.14. The smallest absolute Gasteiger partial charge is 0.157 e. The van der Waals surface area contributed by atoms with E-state index < -0.39 is 0 Å². The molecule has 1 N–H and O–H groups in total. The van der Waals surface area contributed by atoms with E-state index in [1.54, 1.807) is 0 Å². The second-order valence-electron chi connectivity index (χ2n) is 4.25. The van der Waals surface area contributed by atoms with Crippen molar-refractivity contribution in [2.75, 3.05) is 6.54 Å². The fraction of sp³-hybridized carbons (Fsp3) is 0.615. The largest absolute Gasteiger partial charge is 0.360 e. The third-order valence-electron chi connectivity index (χ3n) is 2.81. The second-order valence-corrected chi connectivity index (χ2v) is 6.79. The van der Waals surface area contributed by atoms with Crippen molar-refractivity contribution in [2.24, 2.45) is 4.99 Å². The monoisotopic (exact) mass is 268 g/mol. The summed E-state index contributed by atoms with van der Waals surface area (Å²) in [7, 11) is 0. The molecule has 1 unspecified atom stereocenters. The van der Waals surface area contributed by atoms with Crippen LogP contribution < -0.4 is 5.32 Å². The van der Waals surface area contributed by atoms with Gasteiger partial charge >= 0.3 is 0 Å². The molecule has 1 aliphatic heterocycles.